The zero-order valence-electron chi connectivity index (χ0n) is 12.7. The Balaban J connectivity index is 2.22. The second kappa shape index (κ2) is 5.96. The summed E-state index contributed by atoms with van der Waals surface area (Å²) >= 11 is 5.97. The summed E-state index contributed by atoms with van der Waals surface area (Å²) in [5.74, 6) is 2.25. The van der Waals surface area contributed by atoms with Gasteiger partial charge in [-0.25, -0.2) is 0 Å². The molecule has 1 aromatic heterocycles. The molecule has 2 aromatic rings. The number of hydrogen-bond donors (Lipinski definition) is 0. The summed E-state index contributed by atoms with van der Waals surface area (Å²) in [4.78, 5) is 0. The van der Waals surface area contributed by atoms with Crippen LogP contribution in [0.3, 0.4) is 0 Å². The Labute approximate surface area is 126 Å². The van der Waals surface area contributed by atoms with Gasteiger partial charge >= 0.3 is 0 Å². The molecule has 0 saturated heterocycles. The van der Waals surface area contributed by atoms with E-state index in [1.165, 1.54) is 11.1 Å². The van der Waals surface area contributed by atoms with Gasteiger partial charge in [-0.1, -0.05) is 24.3 Å². The topological polar surface area (TPSA) is 30.7 Å². The molecule has 0 saturated carbocycles. The van der Waals surface area contributed by atoms with Crippen LogP contribution in [0.5, 0.6) is 0 Å². The highest BCUT2D eigenvalue weighted by Gasteiger charge is 2.22. The minimum Gasteiger partial charge on any atom is -0.309 e. The third-order valence-electron chi connectivity index (χ3n) is 3.47. The molecule has 4 heteroatoms. The van der Waals surface area contributed by atoms with Gasteiger partial charge in [0, 0.05) is 12.0 Å². The van der Waals surface area contributed by atoms with E-state index >= 15 is 0 Å². The minimum absolute atomic E-state index is 0.0468. The van der Waals surface area contributed by atoms with Crippen LogP contribution in [0, 0.1) is 6.92 Å². The first-order chi connectivity index (χ1) is 9.43. The molecule has 20 heavy (non-hydrogen) atoms. The van der Waals surface area contributed by atoms with Gasteiger partial charge in [0.1, 0.15) is 11.6 Å². The molecule has 0 spiro atoms. The summed E-state index contributed by atoms with van der Waals surface area (Å²) in [6, 6.07) is 8.48. The van der Waals surface area contributed by atoms with E-state index in [0.717, 1.165) is 24.5 Å². The molecule has 0 atom stereocenters. The molecule has 0 aliphatic rings. The normalized spacial score (nSPS) is 11.8. The molecule has 0 aliphatic heterocycles. The monoisotopic (exact) mass is 291 g/mol. The Morgan fingerprint density at radius 2 is 1.70 bits per heavy atom. The second-order valence-corrected chi connectivity index (χ2v) is 6.37. The van der Waals surface area contributed by atoms with Crippen molar-refractivity contribution < 1.29 is 0 Å². The van der Waals surface area contributed by atoms with E-state index in [2.05, 4.69) is 66.7 Å². The third kappa shape index (κ3) is 3.21. The molecule has 0 amide bonds. The predicted octanol–water partition coefficient (Wildman–Crippen LogP) is 3.87. The number of rotatable bonds is 4. The summed E-state index contributed by atoms with van der Waals surface area (Å²) < 4.78 is 2.16. The van der Waals surface area contributed by atoms with Crippen LogP contribution in [0.25, 0.3) is 0 Å². The van der Waals surface area contributed by atoms with Gasteiger partial charge in [-0.15, -0.1) is 21.8 Å². The van der Waals surface area contributed by atoms with Crippen LogP contribution >= 0.6 is 11.6 Å². The maximum atomic E-state index is 5.97. The van der Waals surface area contributed by atoms with Crippen LogP contribution < -0.4 is 0 Å². The zero-order chi connectivity index (χ0) is 14.8. The first-order valence-corrected chi connectivity index (χ1v) is 7.51. The molecule has 0 aliphatic carbocycles. The summed E-state index contributed by atoms with van der Waals surface area (Å²) in [6.45, 7) is 8.62. The van der Waals surface area contributed by atoms with E-state index in [1.807, 2.05) is 0 Å². The lowest BCUT2D eigenvalue weighted by molar-refractivity contribution is 0.372. The highest BCUT2D eigenvalue weighted by molar-refractivity contribution is 6.16. The zero-order valence-corrected chi connectivity index (χ0v) is 13.4. The van der Waals surface area contributed by atoms with Gasteiger partial charge in [0.15, 0.2) is 0 Å². The van der Waals surface area contributed by atoms with E-state index in [4.69, 9.17) is 11.6 Å². The Bertz CT molecular complexity index is 582. The van der Waals surface area contributed by atoms with E-state index in [1.54, 1.807) is 0 Å². The average molecular weight is 292 g/mol. The number of aryl methyl sites for hydroxylation is 3. The van der Waals surface area contributed by atoms with Crippen molar-refractivity contribution in [2.45, 2.75) is 52.0 Å². The first-order valence-electron chi connectivity index (χ1n) is 6.97. The van der Waals surface area contributed by atoms with Gasteiger partial charge in [-0.2, -0.15) is 0 Å². The molecule has 2 rings (SSSR count). The summed E-state index contributed by atoms with van der Waals surface area (Å²) in [5.41, 5.74) is 2.64. The van der Waals surface area contributed by atoms with Crippen LogP contribution in [0.4, 0.5) is 0 Å². The Kier molecular flexibility index (Phi) is 4.48. The lowest BCUT2D eigenvalue weighted by Gasteiger charge is -2.24. The number of alkyl halides is 1. The molecule has 3 nitrogen and oxygen atoms in total. The molecule has 0 unspecified atom stereocenters. The maximum absolute atomic E-state index is 5.97. The molecular formula is C16H22ClN3. The largest absolute Gasteiger partial charge is 0.309 e. The van der Waals surface area contributed by atoms with Gasteiger partial charge in [0.05, 0.1) is 5.88 Å². The molecule has 1 aromatic carbocycles. The van der Waals surface area contributed by atoms with Crippen LogP contribution in [0.2, 0.25) is 0 Å². The lowest BCUT2D eigenvalue weighted by atomic mass is 10.0. The summed E-state index contributed by atoms with van der Waals surface area (Å²) in [7, 11) is 0. The van der Waals surface area contributed by atoms with Crippen molar-refractivity contribution in [3.05, 3.63) is 47.0 Å². The van der Waals surface area contributed by atoms with Crippen molar-refractivity contribution in [1.29, 1.82) is 0 Å². The SMILES string of the molecule is Cc1ccccc1CCc1nnc(CCl)n1C(C)(C)C. The van der Waals surface area contributed by atoms with Gasteiger partial charge in [-0.3, -0.25) is 0 Å². The smallest absolute Gasteiger partial charge is 0.148 e. The van der Waals surface area contributed by atoms with Gasteiger partial charge in [0.25, 0.3) is 0 Å². The Morgan fingerprint density at radius 3 is 2.30 bits per heavy atom. The molecule has 1 heterocycles. The number of hydrogen-bond acceptors (Lipinski definition) is 2. The highest BCUT2D eigenvalue weighted by atomic mass is 35.5. The molecular weight excluding hydrogens is 270 g/mol. The van der Waals surface area contributed by atoms with Crippen LogP contribution in [-0.4, -0.2) is 14.8 Å². The van der Waals surface area contributed by atoms with Crippen molar-refractivity contribution in [2.24, 2.45) is 0 Å². The van der Waals surface area contributed by atoms with Crippen LogP contribution in [0.1, 0.15) is 43.5 Å². The van der Waals surface area contributed by atoms with Crippen LogP contribution in [-0.2, 0) is 24.3 Å². The van der Waals surface area contributed by atoms with Crippen molar-refractivity contribution in [2.75, 3.05) is 0 Å². The van der Waals surface area contributed by atoms with E-state index in [0.29, 0.717) is 5.88 Å². The van der Waals surface area contributed by atoms with E-state index < -0.39 is 0 Å². The van der Waals surface area contributed by atoms with Gasteiger partial charge in [0.2, 0.25) is 0 Å². The standard InChI is InChI=1S/C16H22ClN3/c1-12-7-5-6-8-13(12)9-10-14-18-19-15(11-17)20(14)16(2,3)4/h5-8H,9-11H2,1-4H3. The van der Waals surface area contributed by atoms with Crippen molar-refractivity contribution in [3.8, 4) is 0 Å². The average Bonchev–Trinajstić information content (AvgIpc) is 2.81. The van der Waals surface area contributed by atoms with E-state index in [-0.39, 0.29) is 5.54 Å². The molecule has 0 fully saturated rings. The third-order valence-corrected chi connectivity index (χ3v) is 3.71. The van der Waals surface area contributed by atoms with E-state index in [9.17, 15) is 0 Å². The fourth-order valence-electron chi connectivity index (χ4n) is 2.51. The quantitative estimate of drug-likeness (QED) is 0.801. The molecule has 0 radical (unpaired) electrons. The Hall–Kier alpha value is -1.35. The van der Waals surface area contributed by atoms with Crippen LogP contribution in [0.15, 0.2) is 24.3 Å². The van der Waals surface area contributed by atoms with Crippen molar-refractivity contribution in [1.82, 2.24) is 14.8 Å². The lowest BCUT2D eigenvalue weighted by Crippen LogP contribution is -2.26. The maximum Gasteiger partial charge on any atom is 0.148 e. The number of aromatic nitrogens is 3. The highest BCUT2D eigenvalue weighted by Crippen LogP contribution is 2.21. The summed E-state index contributed by atoms with van der Waals surface area (Å²) in [6.07, 6.45) is 1.86. The molecule has 0 N–H and O–H groups in total. The minimum atomic E-state index is -0.0468. The number of benzene rings is 1. The van der Waals surface area contributed by atoms with Crippen molar-refractivity contribution >= 4 is 11.6 Å². The first kappa shape index (κ1) is 15.0. The number of nitrogens with zero attached hydrogens (tertiary/aromatic N) is 3. The fourth-order valence-corrected chi connectivity index (χ4v) is 2.69. The predicted molar refractivity (Wildman–Crippen MR) is 83.2 cm³/mol. The molecule has 0 bridgehead atoms. The number of halogens is 1. The second-order valence-electron chi connectivity index (χ2n) is 6.10. The van der Waals surface area contributed by atoms with Gasteiger partial charge < -0.3 is 4.57 Å². The molecule has 108 valence electrons. The summed E-state index contributed by atoms with van der Waals surface area (Å²) in [5, 5.41) is 8.54. The Morgan fingerprint density at radius 1 is 1.05 bits per heavy atom. The fraction of sp³-hybridized carbons (Fsp3) is 0.500. The van der Waals surface area contributed by atoms with Gasteiger partial charge in [-0.05, 0) is 45.2 Å². The van der Waals surface area contributed by atoms with Crippen molar-refractivity contribution in [3.63, 3.8) is 0 Å².